The zero-order chi connectivity index (χ0) is 5.28. The molecule has 1 radical (unpaired) electrons. The van der Waals surface area contributed by atoms with Crippen LogP contribution in [0.2, 0.25) is 0 Å². The number of halogens is 2. The molecule has 0 aromatic heterocycles. The quantitative estimate of drug-likeness (QED) is 0.569. The summed E-state index contributed by atoms with van der Waals surface area (Å²) in [6.45, 7) is 0. The molecule has 0 saturated heterocycles. The molecule has 1 rings (SSSR count). The van der Waals surface area contributed by atoms with Gasteiger partial charge in [0.1, 0.15) is 0 Å². The Labute approximate surface area is 71.3 Å². The Morgan fingerprint density at radius 3 is 2.12 bits per heavy atom. The van der Waals surface area contributed by atoms with E-state index in [1.807, 2.05) is 12.2 Å². The van der Waals surface area contributed by atoms with Gasteiger partial charge in [-0.3, -0.25) is 0 Å². The van der Waals surface area contributed by atoms with Crippen molar-refractivity contribution in [3.05, 3.63) is 22.2 Å². The van der Waals surface area contributed by atoms with Crippen molar-refractivity contribution in [3.8, 4) is 0 Å². The van der Waals surface area contributed by atoms with E-state index < -0.39 is 0 Å². The van der Waals surface area contributed by atoms with Crippen molar-refractivity contribution in [2.75, 3.05) is 0 Å². The van der Waals surface area contributed by atoms with E-state index in [1.165, 1.54) is 0 Å². The first-order chi connectivity index (χ1) is 3.30. The van der Waals surface area contributed by atoms with Crippen molar-refractivity contribution >= 4 is 23.2 Å². The van der Waals surface area contributed by atoms with Crippen LogP contribution in [0.3, 0.4) is 0 Å². The molecule has 47 valence electrons. The summed E-state index contributed by atoms with van der Waals surface area (Å²) in [4.78, 5) is 0. The minimum Gasteiger partial charge on any atom is -0.0872 e. The van der Waals surface area contributed by atoms with Gasteiger partial charge in [-0.25, -0.2) is 0 Å². The first kappa shape index (κ1) is 8.68. The number of hydrogen-bond donors (Lipinski definition) is 0. The van der Waals surface area contributed by atoms with Gasteiger partial charge in [-0.05, 0) is 6.08 Å². The van der Waals surface area contributed by atoms with E-state index in [0.717, 1.165) is 11.5 Å². The van der Waals surface area contributed by atoms with E-state index in [1.54, 1.807) is 0 Å². The Bertz CT molecular complexity index is 137. The molecule has 0 spiro atoms. The van der Waals surface area contributed by atoms with Crippen molar-refractivity contribution in [2.45, 2.75) is 6.42 Å². The fraction of sp³-hybridized carbons (Fsp3) is 0.200. The standard InChI is InChI=1S/C5H4Cl2.Rh/c6-4-2-1-3-5(4)7;/h1-2H,3H2;. The third-order valence-electron chi connectivity index (χ3n) is 0.820. The van der Waals surface area contributed by atoms with Crippen LogP contribution >= 0.6 is 23.2 Å². The molecule has 0 bridgehead atoms. The van der Waals surface area contributed by atoms with E-state index in [4.69, 9.17) is 23.2 Å². The maximum absolute atomic E-state index is 5.55. The van der Waals surface area contributed by atoms with Gasteiger partial charge in [0.2, 0.25) is 0 Å². The summed E-state index contributed by atoms with van der Waals surface area (Å²) in [6.07, 6.45) is 4.55. The van der Waals surface area contributed by atoms with Crippen LogP contribution in [0.5, 0.6) is 0 Å². The van der Waals surface area contributed by atoms with Gasteiger partial charge < -0.3 is 0 Å². The SMILES string of the molecule is ClC1=C(Cl)CC=C1.[Rh]. The van der Waals surface area contributed by atoms with Gasteiger partial charge in [-0.15, -0.1) is 0 Å². The molecular formula is C5H4Cl2Rh. The van der Waals surface area contributed by atoms with E-state index in [2.05, 4.69) is 0 Å². The summed E-state index contributed by atoms with van der Waals surface area (Å²) >= 11 is 11.1. The molecule has 1 aliphatic carbocycles. The molecule has 8 heavy (non-hydrogen) atoms. The monoisotopic (exact) mass is 237 g/mol. The van der Waals surface area contributed by atoms with Crippen molar-refractivity contribution in [1.29, 1.82) is 0 Å². The zero-order valence-electron chi connectivity index (χ0n) is 3.95. The second-order valence-electron chi connectivity index (χ2n) is 1.36. The molecular weight excluding hydrogens is 234 g/mol. The Hall–Kier alpha value is 0.683. The molecule has 0 heterocycles. The van der Waals surface area contributed by atoms with Crippen LogP contribution in [-0.4, -0.2) is 0 Å². The molecule has 0 unspecified atom stereocenters. The van der Waals surface area contributed by atoms with Gasteiger partial charge in [0.25, 0.3) is 0 Å². The number of allylic oxidation sites excluding steroid dienone is 4. The average molecular weight is 238 g/mol. The van der Waals surface area contributed by atoms with Crippen molar-refractivity contribution in [2.24, 2.45) is 0 Å². The first-order valence-electron chi connectivity index (χ1n) is 2.01. The zero-order valence-corrected chi connectivity index (χ0v) is 7.10. The fourth-order valence-corrected chi connectivity index (χ4v) is 0.772. The van der Waals surface area contributed by atoms with Crippen LogP contribution in [0.15, 0.2) is 22.2 Å². The molecule has 3 heteroatoms. The molecule has 0 aromatic carbocycles. The normalized spacial score (nSPS) is 16.8. The molecule has 0 amide bonds. The summed E-state index contributed by atoms with van der Waals surface area (Å²) in [5.41, 5.74) is 0. The van der Waals surface area contributed by atoms with Gasteiger partial charge in [0, 0.05) is 30.9 Å². The molecule has 0 aromatic rings. The summed E-state index contributed by atoms with van der Waals surface area (Å²) in [5, 5.41) is 1.43. The second-order valence-corrected chi connectivity index (χ2v) is 2.22. The molecule has 0 N–H and O–H groups in total. The van der Waals surface area contributed by atoms with E-state index in [-0.39, 0.29) is 19.5 Å². The Morgan fingerprint density at radius 1 is 1.38 bits per heavy atom. The topological polar surface area (TPSA) is 0 Å². The molecule has 0 saturated carbocycles. The largest absolute Gasteiger partial charge is 0.0872 e. The van der Waals surface area contributed by atoms with E-state index in [9.17, 15) is 0 Å². The Morgan fingerprint density at radius 2 is 2.00 bits per heavy atom. The minimum atomic E-state index is 0. The summed E-state index contributed by atoms with van der Waals surface area (Å²) in [7, 11) is 0. The van der Waals surface area contributed by atoms with Gasteiger partial charge in [-0.1, -0.05) is 29.3 Å². The van der Waals surface area contributed by atoms with Crippen LogP contribution in [0.4, 0.5) is 0 Å². The summed E-state index contributed by atoms with van der Waals surface area (Å²) < 4.78 is 0. The Balaban J connectivity index is 0.000000490. The average Bonchev–Trinajstić information content (AvgIpc) is 1.91. The predicted molar refractivity (Wildman–Crippen MR) is 32.5 cm³/mol. The molecule has 0 aliphatic heterocycles. The van der Waals surface area contributed by atoms with Crippen LogP contribution in [0.25, 0.3) is 0 Å². The van der Waals surface area contributed by atoms with Crippen LogP contribution < -0.4 is 0 Å². The smallest absolute Gasteiger partial charge is 0.0551 e. The number of rotatable bonds is 0. The summed E-state index contributed by atoms with van der Waals surface area (Å²) in [6, 6.07) is 0. The maximum atomic E-state index is 5.55. The van der Waals surface area contributed by atoms with Gasteiger partial charge in [0.15, 0.2) is 0 Å². The number of hydrogen-bond acceptors (Lipinski definition) is 0. The minimum absolute atomic E-state index is 0. The molecule has 0 fully saturated rings. The first-order valence-corrected chi connectivity index (χ1v) is 2.77. The van der Waals surface area contributed by atoms with Crippen molar-refractivity contribution in [1.82, 2.24) is 0 Å². The van der Waals surface area contributed by atoms with Crippen molar-refractivity contribution < 1.29 is 19.5 Å². The van der Waals surface area contributed by atoms with Crippen molar-refractivity contribution in [3.63, 3.8) is 0 Å². The fourth-order valence-electron chi connectivity index (χ4n) is 0.454. The van der Waals surface area contributed by atoms with E-state index >= 15 is 0 Å². The van der Waals surface area contributed by atoms with Crippen LogP contribution in [-0.2, 0) is 19.5 Å². The van der Waals surface area contributed by atoms with Gasteiger partial charge in [0.05, 0.1) is 5.03 Å². The van der Waals surface area contributed by atoms with Gasteiger partial charge in [-0.2, -0.15) is 0 Å². The van der Waals surface area contributed by atoms with Gasteiger partial charge >= 0.3 is 0 Å². The Kier molecular flexibility index (Phi) is 3.97. The third-order valence-corrected chi connectivity index (χ3v) is 1.63. The van der Waals surface area contributed by atoms with E-state index in [0.29, 0.717) is 5.03 Å². The maximum Gasteiger partial charge on any atom is 0.0551 e. The summed E-state index contributed by atoms with van der Waals surface area (Å²) in [5.74, 6) is 0. The molecule has 0 nitrogen and oxygen atoms in total. The molecule has 1 aliphatic rings. The molecule has 0 atom stereocenters. The second kappa shape index (κ2) is 3.66. The third kappa shape index (κ3) is 1.89. The predicted octanol–water partition coefficient (Wildman–Crippen LogP) is 2.63. The van der Waals surface area contributed by atoms with Crippen LogP contribution in [0.1, 0.15) is 6.42 Å². The van der Waals surface area contributed by atoms with Crippen LogP contribution in [0, 0.1) is 0 Å².